The summed E-state index contributed by atoms with van der Waals surface area (Å²) in [5, 5.41) is 14.9. The van der Waals surface area contributed by atoms with Crippen molar-refractivity contribution < 1.29 is 4.79 Å². The van der Waals surface area contributed by atoms with Crippen molar-refractivity contribution in [2.45, 2.75) is 58.7 Å². The zero-order valence-electron chi connectivity index (χ0n) is 17.5. The molecular weight excluding hydrogens is 366 g/mol. The summed E-state index contributed by atoms with van der Waals surface area (Å²) >= 11 is 0. The van der Waals surface area contributed by atoms with Crippen LogP contribution in [0, 0.1) is 6.92 Å². The van der Waals surface area contributed by atoms with E-state index in [2.05, 4.69) is 45.4 Å². The van der Waals surface area contributed by atoms with E-state index in [9.17, 15) is 4.79 Å². The Labute approximate surface area is 170 Å². The van der Waals surface area contributed by atoms with E-state index >= 15 is 0 Å². The Morgan fingerprint density at radius 3 is 2.66 bits per heavy atom. The number of piperidine rings is 1. The molecule has 1 fully saturated rings. The highest BCUT2D eigenvalue weighted by Crippen LogP contribution is 2.25. The molecule has 29 heavy (non-hydrogen) atoms. The van der Waals surface area contributed by atoms with Crippen molar-refractivity contribution in [3.8, 4) is 0 Å². The molecule has 1 unspecified atom stereocenters. The third-order valence-electron chi connectivity index (χ3n) is 5.67. The van der Waals surface area contributed by atoms with E-state index in [1.165, 1.54) is 0 Å². The summed E-state index contributed by atoms with van der Waals surface area (Å²) in [6.07, 6.45) is 2.00. The number of imidazole rings is 1. The Hall–Kier alpha value is -2.74. The molecule has 8 nitrogen and oxygen atoms in total. The predicted octanol–water partition coefficient (Wildman–Crippen LogP) is 2.93. The number of carbonyl (C=O) groups is 1. The Kier molecular flexibility index (Phi) is 5.36. The first-order valence-electron chi connectivity index (χ1n) is 10.4. The number of fused-ring (bicyclic) bond motifs is 1. The molecule has 1 saturated heterocycles. The molecule has 1 amide bonds. The smallest absolute Gasteiger partial charge is 0.274 e. The predicted molar refractivity (Wildman–Crippen MR) is 112 cm³/mol. The quantitative estimate of drug-likeness (QED) is 0.693. The minimum absolute atomic E-state index is 0.211. The normalized spacial score (nSPS) is 16.4. The van der Waals surface area contributed by atoms with Crippen molar-refractivity contribution in [1.29, 1.82) is 0 Å². The van der Waals surface area contributed by atoms with Crippen LogP contribution < -0.4 is 10.6 Å². The van der Waals surface area contributed by atoms with Gasteiger partial charge in [-0.25, -0.2) is 9.67 Å². The molecule has 0 aliphatic carbocycles. The van der Waals surface area contributed by atoms with Gasteiger partial charge in [-0.2, -0.15) is 0 Å². The van der Waals surface area contributed by atoms with Crippen LogP contribution >= 0.6 is 0 Å². The number of hydrogen-bond acceptors (Lipinski definition) is 5. The average molecular weight is 396 g/mol. The van der Waals surface area contributed by atoms with E-state index in [1.807, 2.05) is 36.7 Å². The van der Waals surface area contributed by atoms with Gasteiger partial charge >= 0.3 is 0 Å². The van der Waals surface area contributed by atoms with Crippen molar-refractivity contribution in [2.75, 3.05) is 13.1 Å². The van der Waals surface area contributed by atoms with Crippen LogP contribution in [0.25, 0.3) is 11.0 Å². The zero-order chi connectivity index (χ0) is 20.5. The summed E-state index contributed by atoms with van der Waals surface area (Å²) in [6, 6.07) is 8.34. The van der Waals surface area contributed by atoms with Crippen molar-refractivity contribution in [3.63, 3.8) is 0 Å². The van der Waals surface area contributed by atoms with Crippen molar-refractivity contribution in [2.24, 2.45) is 0 Å². The summed E-state index contributed by atoms with van der Waals surface area (Å²) in [5.41, 5.74) is 3.22. The molecule has 1 aliphatic rings. The lowest BCUT2D eigenvalue weighted by atomic mass is 10.1. The van der Waals surface area contributed by atoms with E-state index in [0.29, 0.717) is 11.7 Å². The van der Waals surface area contributed by atoms with Crippen LogP contribution in [0.2, 0.25) is 0 Å². The Morgan fingerprint density at radius 1 is 1.21 bits per heavy atom. The molecule has 1 atom stereocenters. The maximum Gasteiger partial charge on any atom is 0.274 e. The number of benzene rings is 1. The SMILES string of the molecule is Cc1c(C(=O)NC(C)c2nc3ccccc3n2C(C)C)nnn1C1CCNCC1. The van der Waals surface area contributed by atoms with E-state index in [-0.39, 0.29) is 18.0 Å². The number of nitrogens with one attached hydrogen (secondary N) is 2. The third-order valence-corrected chi connectivity index (χ3v) is 5.67. The molecule has 0 radical (unpaired) electrons. The van der Waals surface area contributed by atoms with Gasteiger partial charge in [0, 0.05) is 6.04 Å². The van der Waals surface area contributed by atoms with Gasteiger partial charge in [0.05, 0.1) is 28.8 Å². The van der Waals surface area contributed by atoms with Crippen LogP contribution in [-0.2, 0) is 0 Å². The highest BCUT2D eigenvalue weighted by atomic mass is 16.2. The first-order chi connectivity index (χ1) is 14.0. The monoisotopic (exact) mass is 395 g/mol. The second-order valence-electron chi connectivity index (χ2n) is 8.07. The van der Waals surface area contributed by atoms with Crippen molar-refractivity contribution in [1.82, 2.24) is 35.2 Å². The van der Waals surface area contributed by atoms with Crippen LogP contribution in [0.15, 0.2) is 24.3 Å². The van der Waals surface area contributed by atoms with Crippen molar-refractivity contribution in [3.05, 3.63) is 41.5 Å². The number of hydrogen-bond donors (Lipinski definition) is 2. The van der Waals surface area contributed by atoms with Gasteiger partial charge in [-0.1, -0.05) is 17.3 Å². The zero-order valence-corrected chi connectivity index (χ0v) is 17.5. The first kappa shape index (κ1) is 19.6. The van der Waals surface area contributed by atoms with E-state index in [1.54, 1.807) is 0 Å². The maximum absolute atomic E-state index is 13.0. The highest BCUT2D eigenvalue weighted by Gasteiger charge is 2.25. The summed E-state index contributed by atoms with van der Waals surface area (Å²) in [4.78, 5) is 17.7. The van der Waals surface area contributed by atoms with Gasteiger partial charge in [0.15, 0.2) is 5.69 Å². The molecule has 1 aliphatic heterocycles. The summed E-state index contributed by atoms with van der Waals surface area (Å²) < 4.78 is 4.09. The molecule has 0 saturated carbocycles. The van der Waals surface area contributed by atoms with E-state index in [4.69, 9.17) is 4.98 Å². The van der Waals surface area contributed by atoms with Gasteiger partial charge in [-0.15, -0.1) is 5.10 Å². The maximum atomic E-state index is 13.0. The summed E-state index contributed by atoms with van der Waals surface area (Å²) in [6.45, 7) is 10.1. The van der Waals surface area contributed by atoms with Crippen LogP contribution in [0.3, 0.4) is 0 Å². The van der Waals surface area contributed by atoms with Gasteiger partial charge in [0.1, 0.15) is 5.82 Å². The van der Waals surface area contributed by atoms with Crippen LogP contribution in [0.5, 0.6) is 0 Å². The highest BCUT2D eigenvalue weighted by molar-refractivity contribution is 5.93. The van der Waals surface area contributed by atoms with Crippen LogP contribution in [-0.4, -0.2) is 43.5 Å². The molecule has 4 rings (SSSR count). The lowest BCUT2D eigenvalue weighted by molar-refractivity contribution is 0.0931. The lowest BCUT2D eigenvalue weighted by Crippen LogP contribution is -2.31. The second-order valence-corrected chi connectivity index (χ2v) is 8.07. The molecule has 0 spiro atoms. The number of rotatable bonds is 5. The molecule has 8 heteroatoms. The second kappa shape index (κ2) is 7.94. The minimum atomic E-state index is -0.249. The van der Waals surface area contributed by atoms with E-state index in [0.717, 1.165) is 48.5 Å². The van der Waals surface area contributed by atoms with Crippen molar-refractivity contribution >= 4 is 16.9 Å². The fraction of sp³-hybridized carbons (Fsp3) is 0.524. The van der Waals surface area contributed by atoms with Crippen LogP contribution in [0.4, 0.5) is 0 Å². The fourth-order valence-corrected chi connectivity index (χ4v) is 4.19. The Bertz CT molecular complexity index is 1010. The van der Waals surface area contributed by atoms with Gasteiger partial charge in [-0.3, -0.25) is 4.79 Å². The third kappa shape index (κ3) is 3.64. The molecule has 2 aromatic heterocycles. The standard InChI is InChI=1S/C21H29N7O/c1-13(2)27-18-8-6-5-7-17(18)24-20(27)14(3)23-21(29)19-15(4)28(26-25-19)16-9-11-22-12-10-16/h5-8,13-14,16,22H,9-12H2,1-4H3,(H,23,29). The number of nitrogens with zero attached hydrogens (tertiary/aromatic N) is 5. The molecule has 2 N–H and O–H groups in total. The van der Waals surface area contributed by atoms with Gasteiger partial charge in [0.25, 0.3) is 5.91 Å². The van der Waals surface area contributed by atoms with Gasteiger partial charge in [0.2, 0.25) is 0 Å². The average Bonchev–Trinajstić information content (AvgIpc) is 3.29. The molecule has 0 bridgehead atoms. The summed E-state index contributed by atoms with van der Waals surface area (Å²) in [7, 11) is 0. The van der Waals surface area contributed by atoms with Gasteiger partial charge < -0.3 is 15.2 Å². The molecule has 1 aromatic carbocycles. The fourth-order valence-electron chi connectivity index (χ4n) is 4.19. The minimum Gasteiger partial charge on any atom is -0.341 e. The number of aromatic nitrogens is 5. The van der Waals surface area contributed by atoms with E-state index < -0.39 is 0 Å². The van der Waals surface area contributed by atoms with Crippen LogP contribution in [0.1, 0.15) is 73.7 Å². The Morgan fingerprint density at radius 2 is 1.93 bits per heavy atom. The number of amides is 1. The lowest BCUT2D eigenvalue weighted by Gasteiger charge is -2.23. The molecule has 3 aromatic rings. The number of carbonyl (C=O) groups excluding carboxylic acids is 1. The first-order valence-corrected chi connectivity index (χ1v) is 10.4. The van der Waals surface area contributed by atoms with Gasteiger partial charge in [-0.05, 0) is 65.8 Å². The number of para-hydroxylation sites is 2. The summed E-state index contributed by atoms with van der Waals surface area (Å²) in [5.74, 6) is 0.635. The Balaban J connectivity index is 1.57. The molecule has 3 heterocycles. The topological polar surface area (TPSA) is 89.7 Å². The largest absolute Gasteiger partial charge is 0.341 e. The molecular formula is C21H29N7O. The molecule has 154 valence electrons.